The maximum absolute atomic E-state index is 12.9. The van der Waals surface area contributed by atoms with Gasteiger partial charge in [0.15, 0.2) is 5.69 Å². The van der Waals surface area contributed by atoms with Gasteiger partial charge in [-0.1, -0.05) is 35.9 Å². The largest absolute Gasteiger partial charge is 0.368 e. The van der Waals surface area contributed by atoms with Gasteiger partial charge in [-0.15, -0.1) is 10.2 Å². The first-order valence-corrected chi connectivity index (χ1v) is 9.32. The summed E-state index contributed by atoms with van der Waals surface area (Å²) < 4.78 is 12.9. The highest BCUT2D eigenvalue weighted by Gasteiger charge is 2.07. The Labute approximate surface area is 168 Å². The van der Waals surface area contributed by atoms with Gasteiger partial charge in [0, 0.05) is 18.1 Å². The first kappa shape index (κ1) is 19.8. The molecule has 0 aliphatic carbocycles. The van der Waals surface area contributed by atoms with E-state index >= 15 is 0 Å². The van der Waals surface area contributed by atoms with E-state index in [4.69, 9.17) is 11.6 Å². The van der Waals surface area contributed by atoms with Crippen LogP contribution in [0.1, 0.15) is 21.6 Å². The first-order valence-electron chi connectivity index (χ1n) is 8.95. The standard InChI is InChI=1S/C21H20ClFN4O/c22-17-5-1-15(2-6-17)11-13-24-20-10-9-19(26-27-20)21(28)25-14-12-16-3-7-18(23)8-4-16/h1-10H,11-14H2,(H,24,27)(H,25,28). The molecule has 0 aliphatic rings. The number of anilines is 1. The van der Waals surface area contributed by atoms with Gasteiger partial charge in [-0.3, -0.25) is 4.79 Å². The summed E-state index contributed by atoms with van der Waals surface area (Å²) in [6.45, 7) is 1.13. The molecule has 0 atom stereocenters. The van der Waals surface area contributed by atoms with Crippen molar-refractivity contribution in [1.29, 1.82) is 0 Å². The molecule has 3 aromatic rings. The highest BCUT2D eigenvalue weighted by atomic mass is 35.5. The Bertz CT molecular complexity index is 899. The molecular formula is C21H20ClFN4O. The van der Waals surface area contributed by atoms with Crippen molar-refractivity contribution >= 4 is 23.3 Å². The third-order valence-corrected chi connectivity index (χ3v) is 4.39. The third-order valence-electron chi connectivity index (χ3n) is 4.14. The Balaban J connectivity index is 1.42. The van der Waals surface area contributed by atoms with Gasteiger partial charge >= 0.3 is 0 Å². The Morgan fingerprint density at radius 1 is 0.857 bits per heavy atom. The molecule has 2 N–H and O–H groups in total. The summed E-state index contributed by atoms with van der Waals surface area (Å²) in [4.78, 5) is 12.1. The molecule has 144 valence electrons. The molecule has 0 spiro atoms. The quantitative estimate of drug-likeness (QED) is 0.604. The lowest BCUT2D eigenvalue weighted by Gasteiger charge is -2.07. The van der Waals surface area contributed by atoms with Crippen molar-refractivity contribution in [2.75, 3.05) is 18.4 Å². The van der Waals surface area contributed by atoms with Crippen molar-refractivity contribution in [3.63, 3.8) is 0 Å². The lowest BCUT2D eigenvalue weighted by atomic mass is 10.1. The van der Waals surface area contributed by atoms with Crippen molar-refractivity contribution in [3.8, 4) is 0 Å². The van der Waals surface area contributed by atoms with Gasteiger partial charge in [0.2, 0.25) is 0 Å². The molecule has 0 fully saturated rings. The van der Waals surface area contributed by atoms with E-state index in [-0.39, 0.29) is 17.4 Å². The number of hydrogen-bond acceptors (Lipinski definition) is 4. The second-order valence-electron chi connectivity index (χ2n) is 6.24. The number of amides is 1. The second kappa shape index (κ2) is 9.80. The summed E-state index contributed by atoms with van der Waals surface area (Å²) in [6.07, 6.45) is 1.44. The average molecular weight is 399 g/mol. The lowest BCUT2D eigenvalue weighted by molar-refractivity contribution is 0.0948. The van der Waals surface area contributed by atoms with Crippen LogP contribution in [-0.4, -0.2) is 29.2 Å². The van der Waals surface area contributed by atoms with E-state index in [1.165, 1.54) is 17.7 Å². The highest BCUT2D eigenvalue weighted by Crippen LogP contribution is 2.10. The molecule has 2 aromatic carbocycles. The zero-order chi connectivity index (χ0) is 19.8. The molecule has 3 rings (SSSR count). The van der Waals surface area contributed by atoms with Crippen LogP contribution in [0, 0.1) is 5.82 Å². The molecule has 1 aromatic heterocycles. The molecular weight excluding hydrogens is 379 g/mol. The van der Waals surface area contributed by atoms with Crippen molar-refractivity contribution in [2.45, 2.75) is 12.8 Å². The van der Waals surface area contributed by atoms with E-state index in [0.717, 1.165) is 12.0 Å². The van der Waals surface area contributed by atoms with Crippen LogP contribution < -0.4 is 10.6 Å². The van der Waals surface area contributed by atoms with Crippen LogP contribution in [0.15, 0.2) is 60.7 Å². The van der Waals surface area contributed by atoms with E-state index < -0.39 is 0 Å². The molecule has 7 heteroatoms. The van der Waals surface area contributed by atoms with Gasteiger partial charge in [-0.2, -0.15) is 0 Å². The highest BCUT2D eigenvalue weighted by molar-refractivity contribution is 6.30. The first-order chi connectivity index (χ1) is 13.6. The van der Waals surface area contributed by atoms with Crippen LogP contribution in [0.2, 0.25) is 5.02 Å². The van der Waals surface area contributed by atoms with Crippen LogP contribution in [0.4, 0.5) is 10.2 Å². The number of carbonyl (C=O) groups is 1. The van der Waals surface area contributed by atoms with Crippen molar-refractivity contribution in [3.05, 3.63) is 88.3 Å². The monoisotopic (exact) mass is 398 g/mol. The molecule has 1 amide bonds. The van der Waals surface area contributed by atoms with Crippen LogP contribution >= 0.6 is 11.6 Å². The topological polar surface area (TPSA) is 66.9 Å². The summed E-state index contributed by atoms with van der Waals surface area (Å²) in [5, 5.41) is 14.7. The SMILES string of the molecule is O=C(NCCc1ccc(F)cc1)c1ccc(NCCc2ccc(Cl)cc2)nn1. The Kier molecular flexibility index (Phi) is 6.92. The second-order valence-corrected chi connectivity index (χ2v) is 6.68. The predicted octanol–water partition coefficient (Wildman–Crippen LogP) is 3.90. The van der Waals surface area contributed by atoms with E-state index in [0.29, 0.717) is 30.4 Å². The average Bonchev–Trinajstić information content (AvgIpc) is 2.71. The fourth-order valence-electron chi connectivity index (χ4n) is 2.60. The van der Waals surface area contributed by atoms with Gasteiger partial charge in [0.05, 0.1) is 0 Å². The Morgan fingerprint density at radius 3 is 2.14 bits per heavy atom. The number of nitrogens with one attached hydrogen (secondary N) is 2. The Morgan fingerprint density at radius 2 is 1.50 bits per heavy atom. The van der Waals surface area contributed by atoms with Crippen molar-refractivity contribution in [1.82, 2.24) is 15.5 Å². The van der Waals surface area contributed by atoms with Crippen LogP contribution in [0.5, 0.6) is 0 Å². The van der Waals surface area contributed by atoms with Gasteiger partial charge in [0.1, 0.15) is 11.6 Å². The lowest BCUT2D eigenvalue weighted by Crippen LogP contribution is -2.26. The van der Waals surface area contributed by atoms with Gasteiger partial charge in [-0.05, 0) is 60.4 Å². The van der Waals surface area contributed by atoms with Gasteiger partial charge < -0.3 is 10.6 Å². The number of rotatable bonds is 8. The minimum absolute atomic E-state index is 0.252. The summed E-state index contributed by atoms with van der Waals surface area (Å²) >= 11 is 5.87. The zero-order valence-corrected chi connectivity index (χ0v) is 15.9. The summed E-state index contributed by atoms with van der Waals surface area (Å²) in [7, 11) is 0. The van der Waals surface area contributed by atoms with Gasteiger partial charge in [0.25, 0.3) is 5.91 Å². The number of halogens is 2. The molecule has 1 heterocycles. The summed E-state index contributed by atoms with van der Waals surface area (Å²) in [6, 6.07) is 17.2. The van der Waals surface area contributed by atoms with Gasteiger partial charge in [-0.25, -0.2) is 4.39 Å². The zero-order valence-electron chi connectivity index (χ0n) is 15.2. The van der Waals surface area contributed by atoms with Crippen molar-refractivity contribution < 1.29 is 9.18 Å². The third kappa shape index (κ3) is 6.03. The molecule has 0 saturated heterocycles. The number of nitrogens with zero attached hydrogens (tertiary/aromatic N) is 2. The normalized spacial score (nSPS) is 10.5. The number of aromatic nitrogens is 2. The van der Waals surface area contributed by atoms with Crippen LogP contribution in [0.25, 0.3) is 0 Å². The molecule has 0 radical (unpaired) electrons. The molecule has 28 heavy (non-hydrogen) atoms. The number of carbonyl (C=O) groups excluding carboxylic acids is 1. The fourth-order valence-corrected chi connectivity index (χ4v) is 2.72. The van der Waals surface area contributed by atoms with Crippen molar-refractivity contribution in [2.24, 2.45) is 0 Å². The molecule has 0 bridgehead atoms. The summed E-state index contributed by atoms with van der Waals surface area (Å²) in [5.41, 5.74) is 2.37. The fraction of sp³-hybridized carbons (Fsp3) is 0.190. The maximum Gasteiger partial charge on any atom is 0.271 e. The Hall–Kier alpha value is -2.99. The van der Waals surface area contributed by atoms with E-state index in [1.807, 2.05) is 24.3 Å². The van der Waals surface area contributed by atoms with E-state index in [9.17, 15) is 9.18 Å². The molecule has 0 saturated carbocycles. The van der Waals surface area contributed by atoms with E-state index in [2.05, 4.69) is 20.8 Å². The number of benzene rings is 2. The number of hydrogen-bond donors (Lipinski definition) is 2. The molecule has 5 nitrogen and oxygen atoms in total. The maximum atomic E-state index is 12.9. The summed E-state index contributed by atoms with van der Waals surface area (Å²) in [5.74, 6) is 0.0454. The minimum Gasteiger partial charge on any atom is -0.368 e. The molecule has 0 aliphatic heterocycles. The van der Waals surface area contributed by atoms with Crippen LogP contribution in [-0.2, 0) is 12.8 Å². The van der Waals surface area contributed by atoms with E-state index in [1.54, 1.807) is 24.3 Å². The predicted molar refractivity (Wildman–Crippen MR) is 108 cm³/mol. The van der Waals surface area contributed by atoms with Crippen LogP contribution in [0.3, 0.4) is 0 Å². The minimum atomic E-state index is -0.290. The smallest absolute Gasteiger partial charge is 0.271 e. The molecule has 0 unspecified atom stereocenters.